The van der Waals surface area contributed by atoms with Crippen molar-refractivity contribution < 1.29 is 29.7 Å². The van der Waals surface area contributed by atoms with Crippen molar-refractivity contribution in [3.63, 3.8) is 0 Å². The third-order valence-corrected chi connectivity index (χ3v) is 7.76. The van der Waals surface area contributed by atoms with Gasteiger partial charge in [-0.1, -0.05) is 19.1 Å². The molecule has 12 heteroatoms. The molecule has 1 heterocycles. The summed E-state index contributed by atoms with van der Waals surface area (Å²) in [6.07, 6.45) is 3.56. The molecule has 0 spiro atoms. The van der Waals surface area contributed by atoms with Gasteiger partial charge in [-0.25, -0.2) is 0 Å². The fourth-order valence-electron chi connectivity index (χ4n) is 5.78. The Labute approximate surface area is 235 Å². The molecule has 2 fully saturated rings. The van der Waals surface area contributed by atoms with Gasteiger partial charge in [0, 0.05) is 25.4 Å². The minimum atomic E-state index is -0.926. The number of aliphatic imine (C=N–C) groups is 1. The van der Waals surface area contributed by atoms with Gasteiger partial charge in [-0.2, -0.15) is 0 Å². The van der Waals surface area contributed by atoms with E-state index in [-0.39, 0.29) is 60.8 Å². The van der Waals surface area contributed by atoms with Crippen LogP contribution in [0.2, 0.25) is 0 Å². The highest BCUT2D eigenvalue weighted by Crippen LogP contribution is 2.40. The summed E-state index contributed by atoms with van der Waals surface area (Å²) in [4.78, 5) is 45.9. The largest absolute Gasteiger partial charge is 0.508 e. The number of benzene rings is 1. The number of nitrogens with two attached hydrogens (primary N) is 2. The van der Waals surface area contributed by atoms with E-state index in [1.54, 1.807) is 17.0 Å². The SMILES string of the molecule is CCCC(=O)N[C@@H](Cc1ccc(O)cc1)C(=O)N1[C@H](C(=O)N[C@H](CO)CCCN=C(N)N)C[C@@H]2CC[C@@H](O)C[C@@H]21. The van der Waals surface area contributed by atoms with Gasteiger partial charge in [0.05, 0.1) is 18.8 Å². The summed E-state index contributed by atoms with van der Waals surface area (Å²) in [5.74, 6) is -0.913. The lowest BCUT2D eigenvalue weighted by molar-refractivity contribution is -0.144. The normalized spacial score (nSPS) is 23.5. The molecular weight excluding hydrogens is 516 g/mol. The number of carbonyl (C=O) groups is 3. The number of rotatable bonds is 13. The number of nitrogens with zero attached hydrogens (tertiary/aromatic N) is 2. The van der Waals surface area contributed by atoms with Crippen molar-refractivity contribution in [3.05, 3.63) is 29.8 Å². The number of amides is 3. The molecule has 6 atom stereocenters. The number of phenolic OH excluding ortho intramolecular Hbond substituents is 1. The summed E-state index contributed by atoms with van der Waals surface area (Å²) in [6, 6.07) is 3.82. The molecule has 2 aliphatic rings. The molecule has 1 saturated carbocycles. The lowest BCUT2D eigenvalue weighted by atomic mass is 9.83. The fourth-order valence-corrected chi connectivity index (χ4v) is 5.78. The Bertz CT molecular complexity index is 1030. The lowest BCUT2D eigenvalue weighted by Crippen LogP contribution is -2.58. The molecule has 1 aromatic carbocycles. The number of carbonyl (C=O) groups excluding carboxylic acids is 3. The molecule has 9 N–H and O–H groups in total. The van der Waals surface area contributed by atoms with E-state index in [1.807, 2.05) is 6.92 Å². The minimum absolute atomic E-state index is 0.0256. The number of aliphatic hydroxyl groups is 2. The third-order valence-electron chi connectivity index (χ3n) is 7.76. The lowest BCUT2D eigenvalue weighted by Gasteiger charge is -2.37. The Balaban J connectivity index is 1.83. The molecular formula is C28H44N6O6. The smallest absolute Gasteiger partial charge is 0.246 e. The highest BCUT2D eigenvalue weighted by Gasteiger charge is 2.50. The van der Waals surface area contributed by atoms with E-state index in [9.17, 15) is 29.7 Å². The number of nitrogens with one attached hydrogen (secondary N) is 2. The molecule has 3 amide bonds. The maximum Gasteiger partial charge on any atom is 0.246 e. The first-order chi connectivity index (χ1) is 19.1. The van der Waals surface area contributed by atoms with Gasteiger partial charge in [0.1, 0.15) is 17.8 Å². The summed E-state index contributed by atoms with van der Waals surface area (Å²) in [5, 5.41) is 35.8. The molecule has 0 unspecified atom stereocenters. The van der Waals surface area contributed by atoms with Gasteiger partial charge in [0.25, 0.3) is 0 Å². The molecule has 3 rings (SSSR count). The topological polar surface area (TPSA) is 204 Å². The Morgan fingerprint density at radius 2 is 1.85 bits per heavy atom. The van der Waals surface area contributed by atoms with E-state index in [0.29, 0.717) is 51.5 Å². The first-order valence-electron chi connectivity index (χ1n) is 14.2. The van der Waals surface area contributed by atoms with Crippen LogP contribution in [0, 0.1) is 5.92 Å². The predicted molar refractivity (Wildman–Crippen MR) is 150 cm³/mol. The second-order valence-electron chi connectivity index (χ2n) is 10.9. The number of guanidine groups is 1. The summed E-state index contributed by atoms with van der Waals surface area (Å²) >= 11 is 0. The van der Waals surface area contributed by atoms with Gasteiger partial charge in [-0.15, -0.1) is 0 Å². The molecule has 1 saturated heterocycles. The maximum absolute atomic E-state index is 14.2. The number of aromatic hydroxyl groups is 1. The van der Waals surface area contributed by atoms with Gasteiger partial charge in [-0.05, 0) is 68.6 Å². The average Bonchev–Trinajstić information content (AvgIpc) is 3.29. The molecule has 0 radical (unpaired) electrons. The van der Waals surface area contributed by atoms with Crippen LogP contribution in [0.25, 0.3) is 0 Å². The number of aliphatic hydroxyl groups excluding tert-OH is 2. The fraction of sp³-hybridized carbons (Fsp3) is 0.643. The van der Waals surface area contributed by atoms with Crippen LogP contribution in [0.1, 0.15) is 63.9 Å². The van der Waals surface area contributed by atoms with Crippen LogP contribution >= 0.6 is 0 Å². The Kier molecular flexibility index (Phi) is 11.6. The summed E-state index contributed by atoms with van der Waals surface area (Å²) in [7, 11) is 0. The number of fused-ring (bicyclic) bond motifs is 1. The van der Waals surface area contributed by atoms with Crippen molar-refractivity contribution in [2.24, 2.45) is 22.4 Å². The number of phenols is 1. The van der Waals surface area contributed by atoms with Gasteiger partial charge >= 0.3 is 0 Å². The van der Waals surface area contributed by atoms with E-state index in [4.69, 9.17) is 11.5 Å². The standard InChI is InChI=1S/C28H44N6O6/c1-2-4-25(38)33-22(13-17-6-9-20(36)10-7-17)27(40)34-23-15-21(37)11-8-18(23)14-24(34)26(39)32-19(16-35)5-3-12-31-28(29)30/h6-7,9-10,18-19,21-24,35-37H,2-5,8,11-16H2,1H3,(H,32,39)(H,33,38)(H4,29,30,31)/t18-,19-,21+,22-,23-,24-/m0/s1. The summed E-state index contributed by atoms with van der Waals surface area (Å²) in [6.45, 7) is 1.96. The monoisotopic (exact) mass is 560 g/mol. The molecule has 40 heavy (non-hydrogen) atoms. The van der Waals surface area contributed by atoms with E-state index in [2.05, 4.69) is 15.6 Å². The van der Waals surface area contributed by atoms with Crippen molar-refractivity contribution in [3.8, 4) is 5.75 Å². The highest BCUT2D eigenvalue weighted by atomic mass is 16.3. The summed E-state index contributed by atoms with van der Waals surface area (Å²) < 4.78 is 0. The average molecular weight is 561 g/mol. The second-order valence-corrected chi connectivity index (χ2v) is 10.9. The summed E-state index contributed by atoms with van der Waals surface area (Å²) in [5.41, 5.74) is 11.5. The number of hydrogen-bond acceptors (Lipinski definition) is 7. The van der Waals surface area contributed by atoms with Crippen LogP contribution in [-0.4, -0.2) is 87.3 Å². The first-order valence-corrected chi connectivity index (χ1v) is 14.2. The molecule has 222 valence electrons. The van der Waals surface area contributed by atoms with Crippen LogP contribution in [0.5, 0.6) is 5.75 Å². The zero-order chi connectivity index (χ0) is 29.2. The quantitative estimate of drug-likeness (QED) is 0.0982. The van der Waals surface area contributed by atoms with Crippen molar-refractivity contribution in [1.82, 2.24) is 15.5 Å². The predicted octanol–water partition coefficient (Wildman–Crippen LogP) is -0.119. The van der Waals surface area contributed by atoms with Crippen molar-refractivity contribution in [2.75, 3.05) is 13.2 Å². The second kappa shape index (κ2) is 14.8. The van der Waals surface area contributed by atoms with E-state index in [0.717, 1.165) is 5.56 Å². The van der Waals surface area contributed by atoms with Crippen LogP contribution in [0.15, 0.2) is 29.3 Å². The Morgan fingerprint density at radius 1 is 1.12 bits per heavy atom. The van der Waals surface area contributed by atoms with Gasteiger partial charge < -0.3 is 42.3 Å². The Morgan fingerprint density at radius 3 is 2.50 bits per heavy atom. The van der Waals surface area contributed by atoms with Gasteiger partial charge in [0.2, 0.25) is 17.7 Å². The Hall–Kier alpha value is -3.38. The van der Waals surface area contributed by atoms with Crippen LogP contribution in [0.4, 0.5) is 0 Å². The molecule has 1 aliphatic carbocycles. The first kappa shape index (κ1) is 31.2. The van der Waals surface area contributed by atoms with Crippen molar-refractivity contribution >= 4 is 23.7 Å². The molecule has 0 aromatic heterocycles. The van der Waals surface area contributed by atoms with E-state index < -0.39 is 24.2 Å². The number of hydrogen-bond donors (Lipinski definition) is 7. The van der Waals surface area contributed by atoms with Crippen LogP contribution < -0.4 is 22.1 Å². The molecule has 12 nitrogen and oxygen atoms in total. The molecule has 0 bridgehead atoms. The van der Waals surface area contributed by atoms with Gasteiger partial charge in [0.15, 0.2) is 5.96 Å². The number of likely N-dealkylation sites (tertiary alicyclic amines) is 1. The zero-order valence-electron chi connectivity index (χ0n) is 23.2. The van der Waals surface area contributed by atoms with Crippen LogP contribution in [-0.2, 0) is 20.8 Å². The van der Waals surface area contributed by atoms with E-state index in [1.165, 1.54) is 12.1 Å². The van der Waals surface area contributed by atoms with Crippen LogP contribution in [0.3, 0.4) is 0 Å². The minimum Gasteiger partial charge on any atom is -0.508 e. The van der Waals surface area contributed by atoms with Gasteiger partial charge in [-0.3, -0.25) is 19.4 Å². The van der Waals surface area contributed by atoms with Crippen molar-refractivity contribution in [2.45, 2.75) is 95.0 Å². The molecule has 1 aromatic rings. The third kappa shape index (κ3) is 8.56. The molecule has 1 aliphatic heterocycles. The van der Waals surface area contributed by atoms with Crippen molar-refractivity contribution in [1.29, 1.82) is 0 Å². The van der Waals surface area contributed by atoms with E-state index >= 15 is 0 Å². The zero-order valence-corrected chi connectivity index (χ0v) is 23.2. The maximum atomic E-state index is 14.2. The highest BCUT2D eigenvalue weighted by molar-refractivity contribution is 5.93.